The van der Waals surface area contributed by atoms with Crippen molar-refractivity contribution in [3.8, 4) is 0 Å². The Morgan fingerprint density at radius 3 is 2.75 bits per heavy atom. The maximum atomic E-state index is 10.2. The van der Waals surface area contributed by atoms with Gasteiger partial charge in [-0.2, -0.15) is 0 Å². The molecule has 60 valence electrons. The molecule has 0 aromatic carbocycles. The molecule has 1 rings (SSSR count). The zero-order valence-electron chi connectivity index (χ0n) is 6.72. The summed E-state index contributed by atoms with van der Waals surface area (Å²) in [7, 11) is 0. The number of hydrogen-bond acceptors (Lipinski definition) is 3. The van der Waals surface area contributed by atoms with Crippen molar-refractivity contribution in [2.75, 3.05) is 0 Å². The molecule has 0 heterocycles. The highest BCUT2D eigenvalue weighted by molar-refractivity contribution is 6.13. The molecule has 0 spiro atoms. The number of nitroso groups, excluding NO2 is 1. The van der Waals surface area contributed by atoms with Crippen molar-refractivity contribution >= 4 is 5.71 Å². The van der Waals surface area contributed by atoms with Crippen LogP contribution < -0.4 is 0 Å². The van der Waals surface area contributed by atoms with Gasteiger partial charge >= 0.3 is 0 Å². The van der Waals surface area contributed by atoms with E-state index in [1.807, 2.05) is 6.92 Å². The molecular formula is C9H8N2O. The molecule has 0 saturated carbocycles. The van der Waals surface area contributed by atoms with Crippen LogP contribution in [-0.2, 0) is 0 Å². The van der Waals surface area contributed by atoms with Crippen molar-refractivity contribution in [2.24, 2.45) is 5.18 Å². The highest BCUT2D eigenvalue weighted by Crippen LogP contribution is 2.20. The second-order valence-electron chi connectivity index (χ2n) is 2.42. The molecule has 0 radical (unpaired) electrons. The molecule has 0 aromatic heterocycles. The Bertz CT molecular complexity index is 355. The average molecular weight is 160 g/mol. The van der Waals surface area contributed by atoms with E-state index in [-0.39, 0.29) is 11.4 Å². The Kier molecular flexibility index (Phi) is 2.17. The van der Waals surface area contributed by atoms with E-state index in [9.17, 15) is 4.91 Å². The molecule has 1 aliphatic carbocycles. The fourth-order valence-corrected chi connectivity index (χ4v) is 1.000. The maximum Gasteiger partial charge on any atom is 0.134 e. The SMILES string of the molecule is C=C=C1C(=N)C(N=O)=CC=C1C. The van der Waals surface area contributed by atoms with Gasteiger partial charge in [-0.1, -0.05) is 12.7 Å². The predicted octanol–water partition coefficient (Wildman–Crippen LogP) is 2.33. The minimum absolute atomic E-state index is 0.0972. The number of allylic oxidation sites excluding steroid dienone is 4. The smallest absolute Gasteiger partial charge is 0.134 e. The van der Waals surface area contributed by atoms with Crippen LogP contribution in [-0.4, -0.2) is 5.71 Å². The standard InChI is InChI=1S/C9H8N2O/c1-3-7-6(2)4-5-8(11-12)9(7)10/h4-5,10H,1H2,2H3. The average Bonchev–Trinajstić information content (AvgIpc) is 2.06. The van der Waals surface area contributed by atoms with Gasteiger partial charge in [-0.3, -0.25) is 5.41 Å². The van der Waals surface area contributed by atoms with Crippen LogP contribution in [0.15, 0.2) is 46.5 Å². The molecule has 3 nitrogen and oxygen atoms in total. The molecule has 1 aliphatic rings. The summed E-state index contributed by atoms with van der Waals surface area (Å²) in [6.07, 6.45) is 3.24. The van der Waals surface area contributed by atoms with Crippen molar-refractivity contribution in [3.63, 3.8) is 0 Å². The minimum Gasteiger partial charge on any atom is -0.297 e. The first-order valence-electron chi connectivity index (χ1n) is 3.42. The molecule has 1 N–H and O–H groups in total. The highest BCUT2D eigenvalue weighted by Gasteiger charge is 2.15. The molecule has 3 heteroatoms. The summed E-state index contributed by atoms with van der Waals surface area (Å²) < 4.78 is 0. The first kappa shape index (κ1) is 8.37. The van der Waals surface area contributed by atoms with E-state index in [4.69, 9.17) is 5.41 Å². The van der Waals surface area contributed by atoms with Crippen LogP contribution in [0.1, 0.15) is 6.92 Å². The van der Waals surface area contributed by atoms with E-state index in [0.717, 1.165) is 5.57 Å². The second kappa shape index (κ2) is 3.11. The molecule has 12 heavy (non-hydrogen) atoms. The van der Waals surface area contributed by atoms with Gasteiger partial charge in [0.2, 0.25) is 0 Å². The fourth-order valence-electron chi connectivity index (χ4n) is 1.000. The molecule has 0 unspecified atom stereocenters. The van der Waals surface area contributed by atoms with Crippen LogP contribution in [0.25, 0.3) is 0 Å². The van der Waals surface area contributed by atoms with Crippen molar-refractivity contribution in [2.45, 2.75) is 6.92 Å². The summed E-state index contributed by atoms with van der Waals surface area (Å²) in [4.78, 5) is 10.2. The molecule has 0 atom stereocenters. The number of nitrogens with one attached hydrogen (secondary N) is 1. The lowest BCUT2D eigenvalue weighted by Crippen LogP contribution is -2.07. The monoisotopic (exact) mass is 160 g/mol. The molecule has 0 aromatic rings. The van der Waals surface area contributed by atoms with Gasteiger partial charge in [0.15, 0.2) is 0 Å². The number of nitrogens with zero attached hydrogens (tertiary/aromatic N) is 1. The van der Waals surface area contributed by atoms with Gasteiger partial charge in [0, 0.05) is 5.57 Å². The van der Waals surface area contributed by atoms with E-state index < -0.39 is 0 Å². The fraction of sp³-hybridized carbons (Fsp3) is 0.111. The molecule has 0 amide bonds. The van der Waals surface area contributed by atoms with Crippen LogP contribution in [0.2, 0.25) is 0 Å². The third-order valence-corrected chi connectivity index (χ3v) is 1.67. The largest absolute Gasteiger partial charge is 0.297 e. The number of hydrogen-bond donors (Lipinski definition) is 1. The Balaban J connectivity index is 3.26. The van der Waals surface area contributed by atoms with E-state index in [1.54, 1.807) is 6.08 Å². The molecular weight excluding hydrogens is 152 g/mol. The lowest BCUT2D eigenvalue weighted by molar-refractivity contribution is 1.31. The van der Waals surface area contributed by atoms with Crippen molar-refractivity contribution in [1.82, 2.24) is 0 Å². The van der Waals surface area contributed by atoms with Crippen LogP contribution in [0, 0.1) is 10.3 Å². The predicted molar refractivity (Wildman–Crippen MR) is 48.0 cm³/mol. The van der Waals surface area contributed by atoms with Crippen molar-refractivity contribution in [1.29, 1.82) is 5.41 Å². The molecule has 0 aliphatic heterocycles. The topological polar surface area (TPSA) is 53.3 Å². The van der Waals surface area contributed by atoms with Crippen molar-refractivity contribution < 1.29 is 0 Å². The van der Waals surface area contributed by atoms with Crippen molar-refractivity contribution in [3.05, 3.63) is 46.2 Å². The van der Waals surface area contributed by atoms with Gasteiger partial charge < -0.3 is 0 Å². The van der Waals surface area contributed by atoms with Gasteiger partial charge in [-0.05, 0) is 23.7 Å². The number of rotatable bonds is 1. The van der Waals surface area contributed by atoms with E-state index in [2.05, 4.69) is 17.5 Å². The lowest BCUT2D eigenvalue weighted by atomic mass is 9.96. The van der Waals surface area contributed by atoms with E-state index in [0.29, 0.717) is 5.57 Å². The Hall–Kier alpha value is -1.73. The summed E-state index contributed by atoms with van der Waals surface area (Å²) >= 11 is 0. The highest BCUT2D eigenvalue weighted by atomic mass is 16.3. The van der Waals surface area contributed by atoms with Gasteiger partial charge in [-0.15, -0.1) is 10.6 Å². The Morgan fingerprint density at radius 2 is 2.25 bits per heavy atom. The summed E-state index contributed by atoms with van der Waals surface area (Å²) in [5.41, 5.74) is 4.26. The van der Waals surface area contributed by atoms with E-state index in [1.165, 1.54) is 6.08 Å². The quantitative estimate of drug-likeness (QED) is 0.464. The summed E-state index contributed by atoms with van der Waals surface area (Å²) in [6.45, 7) is 5.27. The van der Waals surface area contributed by atoms with Crippen LogP contribution in [0.5, 0.6) is 0 Å². The zero-order chi connectivity index (χ0) is 9.14. The van der Waals surface area contributed by atoms with E-state index >= 15 is 0 Å². The van der Waals surface area contributed by atoms with Gasteiger partial charge in [0.1, 0.15) is 5.70 Å². The molecule has 0 fully saturated rings. The van der Waals surface area contributed by atoms with Gasteiger partial charge in [0.25, 0.3) is 0 Å². The van der Waals surface area contributed by atoms with Crippen LogP contribution >= 0.6 is 0 Å². The third kappa shape index (κ3) is 1.18. The summed E-state index contributed by atoms with van der Waals surface area (Å²) in [5, 5.41) is 10.2. The first-order valence-corrected chi connectivity index (χ1v) is 3.42. The summed E-state index contributed by atoms with van der Waals surface area (Å²) in [5.74, 6) is 0. The van der Waals surface area contributed by atoms with Crippen LogP contribution in [0.3, 0.4) is 0 Å². The summed E-state index contributed by atoms with van der Waals surface area (Å²) in [6, 6.07) is 0. The van der Waals surface area contributed by atoms with Gasteiger partial charge in [-0.25, -0.2) is 0 Å². The zero-order valence-corrected chi connectivity index (χ0v) is 6.72. The maximum absolute atomic E-state index is 10.2. The molecule has 0 bridgehead atoms. The lowest BCUT2D eigenvalue weighted by Gasteiger charge is -2.09. The van der Waals surface area contributed by atoms with Crippen LogP contribution in [0.4, 0.5) is 0 Å². The Labute approximate surface area is 70.3 Å². The first-order chi connectivity index (χ1) is 5.70. The third-order valence-electron chi connectivity index (χ3n) is 1.67. The minimum atomic E-state index is 0.0972. The Morgan fingerprint density at radius 1 is 1.58 bits per heavy atom. The second-order valence-corrected chi connectivity index (χ2v) is 2.42. The normalized spacial score (nSPS) is 16.4. The molecule has 0 saturated heterocycles. The van der Waals surface area contributed by atoms with Gasteiger partial charge in [0.05, 0.1) is 5.71 Å².